The van der Waals surface area contributed by atoms with E-state index in [9.17, 15) is 9.59 Å². The molecule has 0 N–H and O–H groups in total. The first-order valence-electron chi connectivity index (χ1n) is 12.0. The number of hydrogen-bond acceptors (Lipinski definition) is 6. The number of nitrogens with zero attached hydrogens (tertiary/aromatic N) is 3. The first kappa shape index (κ1) is 26.2. The van der Waals surface area contributed by atoms with E-state index in [1.807, 2.05) is 50.2 Å². The maximum atomic E-state index is 12.9. The topological polar surface area (TPSA) is 84.6 Å². The van der Waals surface area contributed by atoms with Crippen LogP contribution in [0.1, 0.15) is 56.6 Å². The van der Waals surface area contributed by atoms with Gasteiger partial charge < -0.3 is 14.2 Å². The van der Waals surface area contributed by atoms with Gasteiger partial charge in [-0.05, 0) is 57.4 Å². The predicted octanol–water partition coefficient (Wildman–Crippen LogP) is 4.25. The van der Waals surface area contributed by atoms with Crippen molar-refractivity contribution in [3.63, 3.8) is 0 Å². The van der Waals surface area contributed by atoms with Gasteiger partial charge in [0.25, 0.3) is 0 Å². The number of rotatable bonds is 12. The zero-order valence-corrected chi connectivity index (χ0v) is 21.2. The Labute approximate surface area is 206 Å². The molecule has 0 aliphatic heterocycles. The van der Waals surface area contributed by atoms with Gasteiger partial charge in [0.2, 0.25) is 0 Å². The first-order chi connectivity index (χ1) is 16.7. The predicted molar refractivity (Wildman–Crippen MR) is 133 cm³/mol. The fourth-order valence-electron chi connectivity index (χ4n) is 3.57. The highest BCUT2D eigenvalue weighted by atomic mass is 16.6. The molecule has 1 aromatic heterocycles. The van der Waals surface area contributed by atoms with E-state index in [0.29, 0.717) is 37.9 Å². The maximum absolute atomic E-state index is 12.9. The molecule has 188 valence electrons. The van der Waals surface area contributed by atoms with Crippen LogP contribution in [-0.4, -0.2) is 32.5 Å². The van der Waals surface area contributed by atoms with Crippen LogP contribution in [0, 0.1) is 6.92 Å². The molecule has 0 unspecified atom stereocenters. The molecule has 0 bridgehead atoms. The van der Waals surface area contributed by atoms with Crippen molar-refractivity contribution < 1.29 is 19.0 Å². The molecule has 8 heteroatoms. The van der Waals surface area contributed by atoms with Crippen molar-refractivity contribution in [3.8, 4) is 5.75 Å². The van der Waals surface area contributed by atoms with Crippen LogP contribution in [0.5, 0.6) is 5.75 Å². The van der Waals surface area contributed by atoms with Gasteiger partial charge in [0.1, 0.15) is 12.4 Å². The summed E-state index contributed by atoms with van der Waals surface area (Å²) in [5.74, 6) is 0.769. The van der Waals surface area contributed by atoms with E-state index in [2.05, 4.69) is 5.10 Å². The van der Waals surface area contributed by atoms with E-state index >= 15 is 0 Å². The molecule has 0 aliphatic carbocycles. The van der Waals surface area contributed by atoms with Crippen molar-refractivity contribution in [3.05, 3.63) is 81.5 Å². The van der Waals surface area contributed by atoms with Crippen molar-refractivity contribution in [1.29, 1.82) is 0 Å². The monoisotopic (exact) mass is 481 g/mol. The van der Waals surface area contributed by atoms with E-state index in [4.69, 9.17) is 14.2 Å². The van der Waals surface area contributed by atoms with E-state index < -0.39 is 11.6 Å². The second-order valence-electron chi connectivity index (χ2n) is 8.96. The Morgan fingerprint density at radius 3 is 2.26 bits per heavy atom. The fourth-order valence-corrected chi connectivity index (χ4v) is 3.57. The molecule has 0 saturated heterocycles. The van der Waals surface area contributed by atoms with Crippen molar-refractivity contribution in [2.24, 2.45) is 0 Å². The summed E-state index contributed by atoms with van der Waals surface area (Å²) in [6.45, 7) is 11.1. The van der Waals surface area contributed by atoms with E-state index in [0.717, 1.165) is 17.5 Å². The maximum Gasteiger partial charge on any atom is 0.349 e. The number of carbonyl (C=O) groups is 1. The number of benzene rings is 2. The molecule has 3 rings (SSSR count). The van der Waals surface area contributed by atoms with Crippen LogP contribution >= 0.6 is 0 Å². The highest BCUT2D eigenvalue weighted by Crippen LogP contribution is 2.20. The van der Waals surface area contributed by atoms with Crippen LogP contribution in [-0.2, 0) is 40.6 Å². The SMILES string of the molecule is CCCn1c(COCc2ccc(OC(C)(C)C(=O)OCC)cc2)nn(Cc2ccc(C)cc2)c1=O. The van der Waals surface area contributed by atoms with E-state index in [1.165, 1.54) is 10.2 Å². The van der Waals surface area contributed by atoms with Crippen molar-refractivity contribution >= 4 is 5.97 Å². The second-order valence-corrected chi connectivity index (χ2v) is 8.96. The summed E-state index contributed by atoms with van der Waals surface area (Å²) >= 11 is 0. The number of ether oxygens (including phenoxy) is 3. The normalized spacial score (nSPS) is 11.5. The summed E-state index contributed by atoms with van der Waals surface area (Å²) in [6.07, 6.45) is 0.826. The molecular weight excluding hydrogens is 446 g/mol. The molecule has 2 aromatic carbocycles. The standard InChI is InChI=1S/C27H35N3O5/c1-6-16-29-24(28-30(26(29)32)17-21-10-8-20(3)9-11-21)19-33-18-22-12-14-23(15-13-22)35-27(4,5)25(31)34-7-2/h8-15H,6-7,16-19H2,1-5H3. The third-order valence-corrected chi connectivity index (χ3v) is 5.46. The quantitative estimate of drug-likeness (QED) is 0.360. The lowest BCUT2D eigenvalue weighted by atomic mass is 10.1. The first-order valence-corrected chi connectivity index (χ1v) is 12.0. The Bertz CT molecular complexity index is 1160. The van der Waals surface area contributed by atoms with Gasteiger partial charge in [-0.1, -0.05) is 48.9 Å². The highest BCUT2D eigenvalue weighted by Gasteiger charge is 2.31. The molecule has 0 radical (unpaired) electrons. The van der Waals surface area contributed by atoms with E-state index in [1.54, 1.807) is 37.5 Å². The lowest BCUT2D eigenvalue weighted by Crippen LogP contribution is -2.39. The molecule has 3 aromatic rings. The fraction of sp³-hybridized carbons (Fsp3) is 0.444. The summed E-state index contributed by atoms with van der Waals surface area (Å²) in [6, 6.07) is 15.4. The summed E-state index contributed by atoms with van der Waals surface area (Å²) in [7, 11) is 0. The summed E-state index contributed by atoms with van der Waals surface area (Å²) in [5, 5.41) is 4.54. The minimum atomic E-state index is -1.08. The number of esters is 1. The molecule has 0 spiro atoms. The van der Waals surface area contributed by atoms with Crippen molar-refractivity contribution in [1.82, 2.24) is 14.3 Å². The molecular formula is C27H35N3O5. The molecule has 0 aliphatic rings. The lowest BCUT2D eigenvalue weighted by Gasteiger charge is -2.24. The Morgan fingerprint density at radius 2 is 1.63 bits per heavy atom. The minimum absolute atomic E-state index is 0.128. The number of aryl methyl sites for hydroxylation is 1. The number of aromatic nitrogens is 3. The van der Waals surface area contributed by atoms with Gasteiger partial charge in [-0.3, -0.25) is 4.57 Å². The van der Waals surface area contributed by atoms with Crippen LogP contribution in [0.25, 0.3) is 0 Å². The zero-order chi connectivity index (χ0) is 25.4. The third kappa shape index (κ3) is 7.05. The Hall–Kier alpha value is -3.39. The summed E-state index contributed by atoms with van der Waals surface area (Å²) in [5.41, 5.74) is 1.94. The minimum Gasteiger partial charge on any atom is -0.476 e. The number of carbonyl (C=O) groups excluding carboxylic acids is 1. The van der Waals surface area contributed by atoms with Crippen molar-refractivity contribution in [2.45, 2.75) is 72.9 Å². The summed E-state index contributed by atoms with van der Waals surface area (Å²) < 4.78 is 19.9. The average Bonchev–Trinajstić information content (AvgIpc) is 3.11. The van der Waals surface area contributed by atoms with Gasteiger partial charge in [-0.25, -0.2) is 14.3 Å². The van der Waals surface area contributed by atoms with Gasteiger partial charge in [0.05, 0.1) is 19.8 Å². The number of hydrogen-bond donors (Lipinski definition) is 0. The van der Waals surface area contributed by atoms with Gasteiger partial charge in [-0.2, -0.15) is 5.10 Å². The van der Waals surface area contributed by atoms with E-state index in [-0.39, 0.29) is 12.3 Å². The van der Waals surface area contributed by atoms with Gasteiger partial charge >= 0.3 is 11.7 Å². The molecule has 0 atom stereocenters. The summed E-state index contributed by atoms with van der Waals surface area (Å²) in [4.78, 5) is 24.9. The lowest BCUT2D eigenvalue weighted by molar-refractivity contribution is -0.158. The van der Waals surface area contributed by atoms with Crippen molar-refractivity contribution in [2.75, 3.05) is 6.61 Å². The zero-order valence-electron chi connectivity index (χ0n) is 21.2. The van der Waals surface area contributed by atoms with Gasteiger partial charge in [-0.15, -0.1) is 0 Å². The molecule has 1 heterocycles. The second kappa shape index (κ2) is 11.8. The van der Waals surface area contributed by atoms with Crippen LogP contribution in [0.4, 0.5) is 0 Å². The highest BCUT2D eigenvalue weighted by molar-refractivity contribution is 5.79. The molecule has 0 fully saturated rings. The van der Waals surface area contributed by atoms with Crippen LogP contribution < -0.4 is 10.4 Å². The van der Waals surface area contributed by atoms with Gasteiger partial charge in [0.15, 0.2) is 11.4 Å². The smallest absolute Gasteiger partial charge is 0.349 e. The Balaban J connectivity index is 1.61. The average molecular weight is 482 g/mol. The molecule has 0 saturated carbocycles. The molecule has 35 heavy (non-hydrogen) atoms. The van der Waals surface area contributed by atoms with Crippen LogP contribution in [0.2, 0.25) is 0 Å². The Morgan fingerprint density at radius 1 is 0.971 bits per heavy atom. The largest absolute Gasteiger partial charge is 0.476 e. The van der Waals surface area contributed by atoms with Gasteiger partial charge in [0, 0.05) is 6.54 Å². The van der Waals surface area contributed by atoms with Crippen LogP contribution in [0.3, 0.4) is 0 Å². The third-order valence-electron chi connectivity index (χ3n) is 5.46. The molecule has 0 amide bonds. The van der Waals surface area contributed by atoms with Crippen LogP contribution in [0.15, 0.2) is 53.3 Å². The Kier molecular flexibility index (Phi) is 8.87. The molecule has 8 nitrogen and oxygen atoms in total.